The average molecular weight is 289 g/mol. The van der Waals surface area contributed by atoms with Gasteiger partial charge in [-0.3, -0.25) is 0 Å². The second-order valence-corrected chi connectivity index (χ2v) is 8.77. The van der Waals surface area contributed by atoms with Crippen LogP contribution in [0.1, 0.15) is 51.9 Å². The van der Waals surface area contributed by atoms with E-state index in [9.17, 15) is 13.5 Å². The number of nitrogens with two attached hydrogens (primary N) is 1. The van der Waals surface area contributed by atoms with Crippen LogP contribution in [0.15, 0.2) is 0 Å². The van der Waals surface area contributed by atoms with Gasteiger partial charge in [-0.2, -0.15) is 0 Å². The molecule has 1 atom stereocenters. The monoisotopic (exact) mass is 289 g/mol. The molecule has 1 unspecified atom stereocenters. The third-order valence-corrected chi connectivity index (χ3v) is 7.17. The molecule has 1 saturated carbocycles. The lowest BCUT2D eigenvalue weighted by Gasteiger charge is -2.48. The number of aliphatic hydroxyl groups is 1. The maximum Gasteiger partial charge on any atom is 0.153 e. The normalized spacial score (nSPS) is 42.4. The van der Waals surface area contributed by atoms with Crippen molar-refractivity contribution in [3.8, 4) is 0 Å². The molecule has 0 aromatic rings. The average Bonchev–Trinajstić information content (AvgIpc) is 2.66. The Balaban J connectivity index is 2.12. The van der Waals surface area contributed by atoms with Crippen LogP contribution in [0.2, 0.25) is 0 Å². The highest BCUT2D eigenvalue weighted by molar-refractivity contribution is 7.91. The largest absolute Gasteiger partial charge is 0.388 e. The molecule has 19 heavy (non-hydrogen) atoms. The summed E-state index contributed by atoms with van der Waals surface area (Å²) in [5, 5.41) is 10.9. The van der Waals surface area contributed by atoms with Crippen molar-refractivity contribution in [2.24, 2.45) is 17.1 Å². The summed E-state index contributed by atoms with van der Waals surface area (Å²) in [5.74, 6) is 0.755. The van der Waals surface area contributed by atoms with E-state index in [1.165, 1.54) is 12.8 Å². The Kier molecular flexibility index (Phi) is 4.29. The molecule has 4 nitrogen and oxygen atoms in total. The summed E-state index contributed by atoms with van der Waals surface area (Å²) < 4.78 is 23.4. The standard InChI is InChI=1S/C14H27NO3S/c1-2-3-12-4-6-13(10-15,7-5-12)14(16)8-9-19(17,18)11-14/h12,16H,2-11,15H2,1H3. The zero-order valence-electron chi connectivity index (χ0n) is 11.9. The van der Waals surface area contributed by atoms with Gasteiger partial charge in [0.1, 0.15) is 0 Å². The van der Waals surface area contributed by atoms with Crippen LogP contribution >= 0.6 is 0 Å². The molecule has 2 aliphatic rings. The molecule has 1 heterocycles. The fourth-order valence-electron chi connectivity index (χ4n) is 4.04. The molecule has 2 rings (SSSR count). The Morgan fingerprint density at radius 3 is 2.32 bits per heavy atom. The smallest absolute Gasteiger partial charge is 0.153 e. The Bertz CT molecular complexity index is 412. The molecule has 0 bridgehead atoms. The molecule has 0 aromatic carbocycles. The minimum atomic E-state index is -3.08. The number of hydrogen-bond donors (Lipinski definition) is 2. The van der Waals surface area contributed by atoms with Crippen LogP contribution < -0.4 is 5.73 Å². The summed E-state index contributed by atoms with van der Waals surface area (Å²) in [7, 11) is -3.08. The maximum absolute atomic E-state index is 11.7. The zero-order valence-corrected chi connectivity index (χ0v) is 12.7. The second kappa shape index (κ2) is 5.34. The molecule has 1 aliphatic heterocycles. The molecular formula is C14H27NO3S. The predicted molar refractivity (Wildman–Crippen MR) is 76.6 cm³/mol. The van der Waals surface area contributed by atoms with E-state index in [4.69, 9.17) is 5.73 Å². The van der Waals surface area contributed by atoms with Gasteiger partial charge in [-0.25, -0.2) is 8.42 Å². The summed E-state index contributed by atoms with van der Waals surface area (Å²) in [4.78, 5) is 0. The molecule has 1 saturated heterocycles. The molecule has 0 radical (unpaired) electrons. The van der Waals surface area contributed by atoms with Crippen molar-refractivity contribution >= 4 is 9.84 Å². The fraction of sp³-hybridized carbons (Fsp3) is 1.00. The summed E-state index contributed by atoms with van der Waals surface area (Å²) in [6, 6.07) is 0. The first-order valence-electron chi connectivity index (χ1n) is 7.49. The third kappa shape index (κ3) is 2.83. The number of rotatable bonds is 4. The molecular weight excluding hydrogens is 262 g/mol. The first-order valence-corrected chi connectivity index (χ1v) is 9.31. The maximum atomic E-state index is 11.7. The van der Waals surface area contributed by atoms with E-state index >= 15 is 0 Å². The molecule has 2 fully saturated rings. The molecule has 5 heteroatoms. The summed E-state index contributed by atoms with van der Waals surface area (Å²) in [5.41, 5.74) is 4.50. The van der Waals surface area contributed by atoms with Crippen LogP contribution in [-0.4, -0.2) is 37.2 Å². The van der Waals surface area contributed by atoms with Gasteiger partial charge in [-0.05, 0) is 38.0 Å². The van der Waals surface area contributed by atoms with Crippen LogP contribution in [0.5, 0.6) is 0 Å². The van der Waals surface area contributed by atoms with E-state index in [0.717, 1.165) is 31.6 Å². The fourth-order valence-corrected chi connectivity index (χ4v) is 6.01. The predicted octanol–water partition coefficient (Wildman–Crippen LogP) is 1.47. The van der Waals surface area contributed by atoms with Crippen molar-refractivity contribution < 1.29 is 13.5 Å². The summed E-state index contributed by atoms with van der Waals surface area (Å²) in [6.07, 6.45) is 6.70. The number of sulfone groups is 1. The van der Waals surface area contributed by atoms with Crippen molar-refractivity contribution in [1.29, 1.82) is 0 Å². The van der Waals surface area contributed by atoms with E-state index in [2.05, 4.69) is 6.92 Å². The Hall–Kier alpha value is -0.130. The quantitative estimate of drug-likeness (QED) is 0.821. The lowest BCUT2D eigenvalue weighted by atomic mass is 9.60. The van der Waals surface area contributed by atoms with Crippen molar-refractivity contribution in [2.75, 3.05) is 18.1 Å². The number of hydrogen-bond acceptors (Lipinski definition) is 4. The van der Waals surface area contributed by atoms with Crippen LogP contribution in [0.25, 0.3) is 0 Å². The summed E-state index contributed by atoms with van der Waals surface area (Å²) in [6.45, 7) is 2.60. The van der Waals surface area contributed by atoms with Crippen molar-refractivity contribution in [3.63, 3.8) is 0 Å². The minimum Gasteiger partial charge on any atom is -0.388 e. The molecule has 1 aliphatic carbocycles. The van der Waals surface area contributed by atoms with Crippen molar-refractivity contribution in [2.45, 2.75) is 57.5 Å². The SMILES string of the molecule is CCCC1CCC(CN)(C2(O)CCS(=O)(=O)C2)CC1. The van der Waals surface area contributed by atoms with E-state index in [-0.39, 0.29) is 16.9 Å². The molecule has 112 valence electrons. The first-order chi connectivity index (χ1) is 8.86. The van der Waals surface area contributed by atoms with E-state index in [0.29, 0.717) is 13.0 Å². The van der Waals surface area contributed by atoms with Crippen LogP contribution in [0.3, 0.4) is 0 Å². The van der Waals surface area contributed by atoms with Gasteiger partial charge in [0, 0.05) is 12.0 Å². The van der Waals surface area contributed by atoms with Gasteiger partial charge in [-0.1, -0.05) is 19.8 Å². The lowest BCUT2D eigenvalue weighted by molar-refractivity contribution is -0.0862. The molecule has 0 aromatic heterocycles. The highest BCUT2D eigenvalue weighted by atomic mass is 32.2. The van der Waals surface area contributed by atoms with Crippen LogP contribution in [0.4, 0.5) is 0 Å². The second-order valence-electron chi connectivity index (χ2n) is 6.59. The minimum absolute atomic E-state index is 0.0877. The van der Waals surface area contributed by atoms with Crippen molar-refractivity contribution in [1.82, 2.24) is 0 Å². The van der Waals surface area contributed by atoms with Gasteiger partial charge in [0.25, 0.3) is 0 Å². The molecule has 0 spiro atoms. The van der Waals surface area contributed by atoms with E-state index in [1.807, 2.05) is 0 Å². The van der Waals surface area contributed by atoms with Gasteiger partial charge < -0.3 is 10.8 Å². The topological polar surface area (TPSA) is 80.4 Å². The van der Waals surface area contributed by atoms with Crippen LogP contribution in [-0.2, 0) is 9.84 Å². The van der Waals surface area contributed by atoms with E-state index in [1.54, 1.807) is 0 Å². The first kappa shape index (κ1) is 15.3. The van der Waals surface area contributed by atoms with Crippen LogP contribution in [0, 0.1) is 11.3 Å². The molecule has 3 N–H and O–H groups in total. The van der Waals surface area contributed by atoms with Gasteiger partial charge in [-0.15, -0.1) is 0 Å². The molecule has 0 amide bonds. The third-order valence-electron chi connectivity index (χ3n) is 5.42. The Labute approximate surface area is 116 Å². The summed E-state index contributed by atoms with van der Waals surface area (Å²) >= 11 is 0. The highest BCUT2D eigenvalue weighted by Gasteiger charge is 2.55. The highest BCUT2D eigenvalue weighted by Crippen LogP contribution is 2.50. The zero-order chi connectivity index (χ0) is 14.1. The van der Waals surface area contributed by atoms with E-state index < -0.39 is 15.4 Å². The van der Waals surface area contributed by atoms with Gasteiger partial charge >= 0.3 is 0 Å². The van der Waals surface area contributed by atoms with Crippen molar-refractivity contribution in [3.05, 3.63) is 0 Å². The lowest BCUT2D eigenvalue weighted by Crippen LogP contribution is -2.55. The van der Waals surface area contributed by atoms with Gasteiger partial charge in [0.05, 0.1) is 17.1 Å². The van der Waals surface area contributed by atoms with Gasteiger partial charge in [0.15, 0.2) is 9.84 Å². The Morgan fingerprint density at radius 2 is 1.89 bits per heavy atom. The van der Waals surface area contributed by atoms with Gasteiger partial charge in [0.2, 0.25) is 0 Å². The Morgan fingerprint density at radius 1 is 1.26 bits per heavy atom.